The zero-order chi connectivity index (χ0) is 14.1. The van der Waals surface area contributed by atoms with Crippen LogP contribution in [0.5, 0.6) is 0 Å². The summed E-state index contributed by atoms with van der Waals surface area (Å²) in [4.78, 5) is 15.3. The Labute approximate surface area is 126 Å². The molecule has 2 nitrogen and oxygen atoms in total. The maximum absolute atomic E-state index is 12.7. The fraction of sp³-hybridized carbons (Fsp3) is 0.588. The Balaban J connectivity index is 1.72. The molecule has 3 rings (SSSR count). The summed E-state index contributed by atoms with van der Waals surface area (Å²) in [5, 5.41) is 0.707. The number of hydrogen-bond acceptors (Lipinski definition) is 2. The third kappa shape index (κ3) is 2.77. The van der Waals surface area contributed by atoms with Gasteiger partial charge in [-0.15, -0.1) is 0 Å². The summed E-state index contributed by atoms with van der Waals surface area (Å²) in [6.07, 6.45) is 6.18. The van der Waals surface area contributed by atoms with Crippen molar-refractivity contribution in [1.29, 1.82) is 0 Å². The van der Waals surface area contributed by atoms with Crippen molar-refractivity contribution in [2.24, 2.45) is 5.92 Å². The minimum Gasteiger partial charge on any atom is -0.300 e. The van der Waals surface area contributed by atoms with Gasteiger partial charge in [0.05, 0.1) is 0 Å². The van der Waals surface area contributed by atoms with E-state index in [9.17, 15) is 4.79 Å². The molecular formula is C17H22ClNO. The first kappa shape index (κ1) is 14.1. The molecule has 0 bridgehead atoms. The molecule has 1 aromatic rings. The third-order valence-electron chi connectivity index (χ3n) is 4.87. The average Bonchev–Trinajstić information content (AvgIpc) is 2.36. The highest BCUT2D eigenvalue weighted by Gasteiger charge is 2.32. The van der Waals surface area contributed by atoms with Gasteiger partial charge in [0.2, 0.25) is 0 Å². The maximum Gasteiger partial charge on any atom is 0.167 e. The van der Waals surface area contributed by atoms with Crippen molar-refractivity contribution in [2.75, 3.05) is 13.1 Å². The van der Waals surface area contributed by atoms with Crippen LogP contribution in [0.3, 0.4) is 0 Å². The Hall–Kier alpha value is -0.860. The molecule has 0 amide bonds. The van der Waals surface area contributed by atoms with Crippen molar-refractivity contribution < 1.29 is 4.79 Å². The standard InChI is InChI=1S/C17H22ClNO/c1-12-10-14(18)7-8-16(12)17(20)13-4-3-9-19(11-13)15-5-2-6-15/h7-8,10,13,15H,2-6,9,11H2,1H3/t13-/m1/s1. The maximum atomic E-state index is 12.7. The van der Waals surface area contributed by atoms with Gasteiger partial charge >= 0.3 is 0 Å². The third-order valence-corrected chi connectivity index (χ3v) is 5.10. The highest BCUT2D eigenvalue weighted by Crippen LogP contribution is 2.30. The predicted molar refractivity (Wildman–Crippen MR) is 82.5 cm³/mol. The Morgan fingerprint density at radius 3 is 2.70 bits per heavy atom. The minimum atomic E-state index is 0.171. The summed E-state index contributed by atoms with van der Waals surface area (Å²) in [6, 6.07) is 6.36. The first-order valence-corrected chi connectivity index (χ1v) is 8.07. The number of ketones is 1. The second kappa shape index (κ2) is 5.87. The molecule has 0 N–H and O–H groups in total. The molecule has 0 spiro atoms. The smallest absolute Gasteiger partial charge is 0.167 e. The molecule has 0 unspecified atom stereocenters. The summed E-state index contributed by atoms with van der Waals surface area (Å²) >= 11 is 5.98. The molecular weight excluding hydrogens is 270 g/mol. The highest BCUT2D eigenvalue weighted by molar-refractivity contribution is 6.30. The van der Waals surface area contributed by atoms with Gasteiger partial charge in [0.1, 0.15) is 0 Å². The van der Waals surface area contributed by atoms with Crippen molar-refractivity contribution >= 4 is 17.4 Å². The fourth-order valence-corrected chi connectivity index (χ4v) is 3.65. The molecule has 0 aromatic heterocycles. The summed E-state index contributed by atoms with van der Waals surface area (Å²) in [7, 11) is 0. The summed E-state index contributed by atoms with van der Waals surface area (Å²) in [5.74, 6) is 0.479. The van der Waals surface area contributed by atoms with E-state index in [2.05, 4.69) is 4.90 Å². The largest absolute Gasteiger partial charge is 0.300 e. The molecule has 1 saturated heterocycles. The number of nitrogens with zero attached hydrogens (tertiary/aromatic N) is 1. The van der Waals surface area contributed by atoms with Gasteiger partial charge in [-0.05, 0) is 62.9 Å². The van der Waals surface area contributed by atoms with E-state index in [1.54, 1.807) is 0 Å². The normalized spacial score (nSPS) is 24.4. The predicted octanol–water partition coefficient (Wildman–Crippen LogP) is 4.10. The number of carbonyl (C=O) groups excluding carboxylic acids is 1. The quantitative estimate of drug-likeness (QED) is 0.782. The molecule has 108 valence electrons. The molecule has 1 atom stereocenters. The second-order valence-corrected chi connectivity index (χ2v) is 6.68. The fourth-order valence-electron chi connectivity index (χ4n) is 3.43. The molecule has 1 aromatic carbocycles. The van der Waals surface area contributed by atoms with Gasteiger partial charge < -0.3 is 0 Å². The van der Waals surface area contributed by atoms with E-state index < -0.39 is 0 Å². The van der Waals surface area contributed by atoms with Gasteiger partial charge in [-0.1, -0.05) is 18.0 Å². The number of benzene rings is 1. The Morgan fingerprint density at radius 1 is 1.25 bits per heavy atom. The van der Waals surface area contributed by atoms with Crippen LogP contribution in [0.1, 0.15) is 48.0 Å². The van der Waals surface area contributed by atoms with Gasteiger partial charge in [-0.2, -0.15) is 0 Å². The lowest BCUT2D eigenvalue weighted by molar-refractivity contribution is 0.0612. The van der Waals surface area contributed by atoms with E-state index in [-0.39, 0.29) is 5.92 Å². The number of carbonyl (C=O) groups is 1. The van der Waals surface area contributed by atoms with Crippen LogP contribution in [0.15, 0.2) is 18.2 Å². The SMILES string of the molecule is Cc1cc(Cl)ccc1C(=O)[C@@H]1CCCN(C2CCC2)C1. The van der Waals surface area contributed by atoms with Crippen LogP contribution in [0.4, 0.5) is 0 Å². The molecule has 2 aliphatic rings. The van der Waals surface area contributed by atoms with E-state index in [1.165, 1.54) is 25.8 Å². The lowest BCUT2D eigenvalue weighted by atomic mass is 9.84. The second-order valence-electron chi connectivity index (χ2n) is 6.24. The first-order chi connectivity index (χ1) is 9.65. The van der Waals surface area contributed by atoms with Crippen LogP contribution >= 0.6 is 11.6 Å². The number of likely N-dealkylation sites (tertiary alicyclic amines) is 1. The molecule has 1 saturated carbocycles. The van der Waals surface area contributed by atoms with E-state index >= 15 is 0 Å². The van der Waals surface area contributed by atoms with Crippen molar-refractivity contribution in [3.63, 3.8) is 0 Å². The number of halogens is 1. The first-order valence-electron chi connectivity index (χ1n) is 7.69. The molecule has 0 radical (unpaired) electrons. The monoisotopic (exact) mass is 291 g/mol. The summed E-state index contributed by atoms with van der Waals surface area (Å²) < 4.78 is 0. The van der Waals surface area contributed by atoms with Crippen LogP contribution in [0.25, 0.3) is 0 Å². The molecule has 1 aliphatic carbocycles. The summed E-state index contributed by atoms with van der Waals surface area (Å²) in [5.41, 5.74) is 1.86. The van der Waals surface area contributed by atoms with Crippen LogP contribution in [-0.4, -0.2) is 29.8 Å². The Bertz CT molecular complexity index is 510. The topological polar surface area (TPSA) is 20.3 Å². The van der Waals surface area contributed by atoms with Crippen molar-refractivity contribution in [1.82, 2.24) is 4.90 Å². The van der Waals surface area contributed by atoms with Crippen LogP contribution in [0.2, 0.25) is 5.02 Å². The Kier molecular flexibility index (Phi) is 4.13. The highest BCUT2D eigenvalue weighted by atomic mass is 35.5. The van der Waals surface area contributed by atoms with Crippen molar-refractivity contribution in [3.05, 3.63) is 34.3 Å². The molecule has 1 heterocycles. The number of Topliss-reactive ketones (excluding diaryl/α,β-unsaturated/α-hetero) is 1. The Morgan fingerprint density at radius 2 is 2.05 bits per heavy atom. The van der Waals surface area contributed by atoms with E-state index in [4.69, 9.17) is 11.6 Å². The van der Waals surface area contributed by atoms with Gasteiger partial charge in [-0.3, -0.25) is 9.69 Å². The lowest BCUT2D eigenvalue weighted by Gasteiger charge is -2.42. The van der Waals surface area contributed by atoms with Gasteiger partial charge in [-0.25, -0.2) is 0 Å². The molecule has 2 fully saturated rings. The molecule has 20 heavy (non-hydrogen) atoms. The number of rotatable bonds is 3. The number of hydrogen-bond donors (Lipinski definition) is 0. The average molecular weight is 292 g/mol. The van der Waals surface area contributed by atoms with Crippen LogP contribution < -0.4 is 0 Å². The van der Waals surface area contributed by atoms with Gasteiger partial charge in [0.25, 0.3) is 0 Å². The van der Waals surface area contributed by atoms with E-state index in [0.717, 1.165) is 36.6 Å². The minimum absolute atomic E-state index is 0.171. The number of piperidine rings is 1. The molecule has 3 heteroatoms. The molecule has 1 aliphatic heterocycles. The summed E-state index contributed by atoms with van der Waals surface area (Å²) in [6.45, 7) is 4.10. The van der Waals surface area contributed by atoms with E-state index in [0.29, 0.717) is 10.8 Å². The zero-order valence-corrected chi connectivity index (χ0v) is 12.8. The van der Waals surface area contributed by atoms with Gasteiger partial charge in [0.15, 0.2) is 5.78 Å². The van der Waals surface area contributed by atoms with E-state index in [1.807, 2.05) is 25.1 Å². The van der Waals surface area contributed by atoms with Crippen LogP contribution in [0, 0.1) is 12.8 Å². The van der Waals surface area contributed by atoms with Gasteiger partial charge in [0, 0.05) is 29.1 Å². The van der Waals surface area contributed by atoms with Crippen LogP contribution in [-0.2, 0) is 0 Å². The lowest BCUT2D eigenvalue weighted by Crippen LogP contribution is -2.47. The number of aryl methyl sites for hydroxylation is 1. The van der Waals surface area contributed by atoms with Crippen molar-refractivity contribution in [3.8, 4) is 0 Å². The van der Waals surface area contributed by atoms with Crippen molar-refractivity contribution in [2.45, 2.75) is 45.1 Å². The zero-order valence-electron chi connectivity index (χ0n) is 12.1.